The highest BCUT2D eigenvalue weighted by Crippen LogP contribution is 2.29. The summed E-state index contributed by atoms with van der Waals surface area (Å²) in [7, 11) is 2.95. The van der Waals surface area contributed by atoms with Crippen molar-refractivity contribution < 1.29 is 27.8 Å². The Bertz CT molecular complexity index is 1130. The van der Waals surface area contributed by atoms with Crippen molar-refractivity contribution in [3.63, 3.8) is 0 Å². The van der Waals surface area contributed by atoms with E-state index in [-0.39, 0.29) is 17.9 Å². The number of ether oxygens (including phenoxy) is 2. The molecule has 162 valence electrons. The number of methoxy groups -OCH3 is 2. The zero-order valence-electron chi connectivity index (χ0n) is 16.9. The van der Waals surface area contributed by atoms with Gasteiger partial charge in [0.25, 0.3) is 5.91 Å². The molecule has 0 unspecified atom stereocenters. The largest absolute Gasteiger partial charge is 0.497 e. The summed E-state index contributed by atoms with van der Waals surface area (Å²) in [5, 5.41) is 12.5. The van der Waals surface area contributed by atoms with Crippen LogP contribution in [0.4, 0.5) is 20.2 Å². The van der Waals surface area contributed by atoms with E-state index in [9.17, 15) is 18.4 Å². The number of aromatic nitrogens is 3. The number of hydrogen-bond donors (Lipinski definition) is 2. The monoisotopic (exact) mass is 431 g/mol. The Hall–Kier alpha value is -4.02. The Kier molecular flexibility index (Phi) is 6.43. The SMILES string of the molecule is COc1ccc(OC)c(NC(=O)c2nnn(CC(=O)Nc3cc(F)ccc3F)c2C)c1. The number of amides is 2. The number of benzene rings is 2. The Labute approximate surface area is 176 Å². The minimum Gasteiger partial charge on any atom is -0.497 e. The van der Waals surface area contributed by atoms with Crippen LogP contribution in [0.15, 0.2) is 36.4 Å². The van der Waals surface area contributed by atoms with Crippen molar-refractivity contribution in [2.75, 3.05) is 24.9 Å². The first kappa shape index (κ1) is 21.7. The molecule has 0 fully saturated rings. The fourth-order valence-corrected chi connectivity index (χ4v) is 2.73. The molecule has 3 rings (SSSR count). The number of carbonyl (C=O) groups excluding carboxylic acids is 2. The van der Waals surface area contributed by atoms with Gasteiger partial charge in [0, 0.05) is 12.1 Å². The molecule has 0 saturated heterocycles. The van der Waals surface area contributed by atoms with Gasteiger partial charge in [-0.05, 0) is 31.2 Å². The third-order valence-electron chi connectivity index (χ3n) is 4.35. The van der Waals surface area contributed by atoms with E-state index in [1.807, 2.05) is 0 Å². The van der Waals surface area contributed by atoms with Gasteiger partial charge in [0.05, 0.1) is 31.3 Å². The number of carbonyl (C=O) groups is 2. The van der Waals surface area contributed by atoms with Gasteiger partial charge in [0.15, 0.2) is 5.69 Å². The van der Waals surface area contributed by atoms with Gasteiger partial charge in [-0.3, -0.25) is 9.59 Å². The first-order valence-electron chi connectivity index (χ1n) is 9.00. The molecule has 0 radical (unpaired) electrons. The summed E-state index contributed by atoms with van der Waals surface area (Å²) < 4.78 is 38.5. The minimum atomic E-state index is -0.780. The summed E-state index contributed by atoms with van der Waals surface area (Å²) in [5.74, 6) is -1.79. The van der Waals surface area contributed by atoms with Crippen molar-refractivity contribution in [3.05, 3.63) is 59.4 Å². The smallest absolute Gasteiger partial charge is 0.278 e. The topological polar surface area (TPSA) is 107 Å². The molecule has 0 spiro atoms. The summed E-state index contributed by atoms with van der Waals surface area (Å²) in [5.41, 5.74) is 0.342. The number of nitrogens with one attached hydrogen (secondary N) is 2. The van der Waals surface area contributed by atoms with E-state index in [2.05, 4.69) is 20.9 Å². The second kappa shape index (κ2) is 9.20. The van der Waals surface area contributed by atoms with Crippen LogP contribution in [0.25, 0.3) is 0 Å². The van der Waals surface area contributed by atoms with Crippen molar-refractivity contribution in [2.24, 2.45) is 0 Å². The lowest BCUT2D eigenvalue weighted by molar-refractivity contribution is -0.117. The van der Waals surface area contributed by atoms with E-state index in [4.69, 9.17) is 9.47 Å². The van der Waals surface area contributed by atoms with E-state index >= 15 is 0 Å². The molecule has 31 heavy (non-hydrogen) atoms. The second-order valence-corrected chi connectivity index (χ2v) is 6.37. The lowest BCUT2D eigenvalue weighted by Crippen LogP contribution is -2.21. The molecule has 2 aromatic carbocycles. The normalized spacial score (nSPS) is 10.5. The molecular formula is C20H19F2N5O4. The van der Waals surface area contributed by atoms with E-state index in [1.165, 1.54) is 18.9 Å². The fraction of sp³-hybridized carbons (Fsp3) is 0.200. The summed E-state index contributed by atoms with van der Waals surface area (Å²) in [6.07, 6.45) is 0. The fourth-order valence-electron chi connectivity index (χ4n) is 2.73. The molecule has 0 aliphatic heterocycles. The first-order valence-corrected chi connectivity index (χ1v) is 9.00. The molecule has 0 aliphatic rings. The highest BCUT2D eigenvalue weighted by molar-refractivity contribution is 6.04. The zero-order valence-corrected chi connectivity index (χ0v) is 16.9. The molecule has 0 bridgehead atoms. The Balaban J connectivity index is 1.73. The maximum absolute atomic E-state index is 13.7. The predicted molar refractivity (Wildman–Crippen MR) is 107 cm³/mol. The quantitative estimate of drug-likeness (QED) is 0.596. The predicted octanol–water partition coefficient (Wildman–Crippen LogP) is 2.77. The zero-order chi connectivity index (χ0) is 22.5. The highest BCUT2D eigenvalue weighted by atomic mass is 19.1. The van der Waals surface area contributed by atoms with Crippen molar-refractivity contribution >= 4 is 23.2 Å². The average Bonchev–Trinajstić information content (AvgIpc) is 3.10. The van der Waals surface area contributed by atoms with E-state index in [0.717, 1.165) is 18.2 Å². The molecule has 0 atom stereocenters. The highest BCUT2D eigenvalue weighted by Gasteiger charge is 2.20. The second-order valence-electron chi connectivity index (χ2n) is 6.37. The molecule has 0 aliphatic carbocycles. The Morgan fingerprint density at radius 2 is 1.81 bits per heavy atom. The number of rotatable bonds is 7. The molecule has 1 heterocycles. The lowest BCUT2D eigenvalue weighted by atomic mass is 10.2. The molecule has 0 saturated carbocycles. The maximum Gasteiger partial charge on any atom is 0.278 e. The van der Waals surface area contributed by atoms with Gasteiger partial charge in [-0.1, -0.05) is 5.21 Å². The number of hydrogen-bond acceptors (Lipinski definition) is 6. The van der Waals surface area contributed by atoms with Gasteiger partial charge in [0.2, 0.25) is 5.91 Å². The van der Waals surface area contributed by atoms with Gasteiger partial charge in [0.1, 0.15) is 29.7 Å². The van der Waals surface area contributed by atoms with Crippen LogP contribution in [0.1, 0.15) is 16.2 Å². The molecule has 2 N–H and O–H groups in total. The minimum absolute atomic E-state index is 0.0189. The van der Waals surface area contributed by atoms with Crippen LogP contribution in [-0.4, -0.2) is 41.0 Å². The summed E-state index contributed by atoms with van der Waals surface area (Å²) in [6.45, 7) is 1.19. The van der Waals surface area contributed by atoms with E-state index in [1.54, 1.807) is 25.1 Å². The third-order valence-corrected chi connectivity index (χ3v) is 4.35. The van der Waals surface area contributed by atoms with Gasteiger partial charge < -0.3 is 20.1 Å². The standard InChI is InChI=1S/C20H19F2N5O4/c1-11-19(20(29)24-16-9-13(30-2)5-7-17(16)31-3)25-26-27(11)10-18(28)23-15-8-12(21)4-6-14(15)22/h4-9H,10H2,1-3H3,(H,23,28)(H,24,29). The van der Waals surface area contributed by atoms with Gasteiger partial charge in [-0.2, -0.15) is 0 Å². The van der Waals surface area contributed by atoms with Crippen molar-refractivity contribution in [1.82, 2.24) is 15.0 Å². The maximum atomic E-state index is 13.7. The van der Waals surface area contributed by atoms with Crippen LogP contribution in [-0.2, 0) is 11.3 Å². The third kappa shape index (κ3) is 4.94. The lowest BCUT2D eigenvalue weighted by Gasteiger charge is -2.11. The molecule has 9 nitrogen and oxygen atoms in total. The van der Waals surface area contributed by atoms with Crippen LogP contribution in [0.5, 0.6) is 11.5 Å². The summed E-state index contributed by atoms with van der Waals surface area (Å²) >= 11 is 0. The van der Waals surface area contributed by atoms with Gasteiger partial charge in [-0.15, -0.1) is 5.10 Å². The first-order chi connectivity index (χ1) is 14.8. The van der Waals surface area contributed by atoms with Crippen LogP contribution in [0, 0.1) is 18.6 Å². The van der Waals surface area contributed by atoms with Crippen molar-refractivity contribution in [1.29, 1.82) is 0 Å². The molecule has 3 aromatic rings. The number of halogens is 2. The molecule has 1 aromatic heterocycles. The van der Waals surface area contributed by atoms with Crippen LogP contribution < -0.4 is 20.1 Å². The Morgan fingerprint density at radius 3 is 2.52 bits per heavy atom. The van der Waals surface area contributed by atoms with E-state index < -0.39 is 23.4 Å². The molecule has 2 amide bonds. The van der Waals surface area contributed by atoms with Crippen LogP contribution >= 0.6 is 0 Å². The van der Waals surface area contributed by atoms with Crippen molar-refractivity contribution in [2.45, 2.75) is 13.5 Å². The van der Waals surface area contributed by atoms with Crippen LogP contribution in [0.2, 0.25) is 0 Å². The Morgan fingerprint density at radius 1 is 1.03 bits per heavy atom. The van der Waals surface area contributed by atoms with E-state index in [0.29, 0.717) is 22.9 Å². The van der Waals surface area contributed by atoms with Crippen molar-refractivity contribution in [3.8, 4) is 11.5 Å². The van der Waals surface area contributed by atoms with Crippen LogP contribution in [0.3, 0.4) is 0 Å². The van der Waals surface area contributed by atoms with Gasteiger partial charge in [-0.25, -0.2) is 13.5 Å². The van der Waals surface area contributed by atoms with Gasteiger partial charge >= 0.3 is 0 Å². The number of anilines is 2. The molecule has 11 heteroatoms. The summed E-state index contributed by atoms with van der Waals surface area (Å²) in [6, 6.07) is 7.60. The molecular weight excluding hydrogens is 412 g/mol. The number of nitrogens with zero attached hydrogens (tertiary/aromatic N) is 3. The summed E-state index contributed by atoms with van der Waals surface area (Å²) in [4.78, 5) is 24.9. The average molecular weight is 431 g/mol.